The number of aliphatic hydroxyl groups is 1. The summed E-state index contributed by atoms with van der Waals surface area (Å²) in [7, 11) is 1.78. The highest BCUT2D eigenvalue weighted by Crippen LogP contribution is 2.66. The number of allylic oxidation sites excluding steroid dienone is 2. The van der Waals surface area contributed by atoms with Gasteiger partial charge in [0.05, 0.1) is 11.7 Å². The van der Waals surface area contributed by atoms with E-state index in [2.05, 4.69) is 26.0 Å². The van der Waals surface area contributed by atoms with Crippen molar-refractivity contribution >= 4 is 11.9 Å². The fraction of sp³-hybridized carbons (Fsp3) is 0.677. The van der Waals surface area contributed by atoms with Crippen molar-refractivity contribution < 1.29 is 28.9 Å². The van der Waals surface area contributed by atoms with Gasteiger partial charge in [-0.2, -0.15) is 0 Å². The van der Waals surface area contributed by atoms with Crippen LogP contribution in [0.3, 0.4) is 0 Å². The number of rotatable bonds is 1. The molecule has 0 bridgehead atoms. The van der Waals surface area contributed by atoms with Crippen LogP contribution < -0.4 is 0 Å². The molecule has 37 heavy (non-hydrogen) atoms. The standard InChI is InChI=1S/C31H40O6/c1-16-11-19-12-20-22-14-31(34)13-18-7-10-25(32)37-29(3,4)21(18)8-9-24(31)30(22,5)15-23(35-6)26(20)17(2)27(19)36-28(16)33/h7,10-11,13,17,19,21-24,27,34H,8-9,12,14-15H2,1-6H3/t17-,19+,21+,22-,23-,24-,27+,30+,31-/m0/s1. The largest absolute Gasteiger partial charge is 0.458 e. The molecule has 1 fully saturated rings. The van der Waals surface area contributed by atoms with E-state index in [1.807, 2.05) is 26.8 Å². The van der Waals surface area contributed by atoms with Crippen LogP contribution in [-0.4, -0.2) is 47.6 Å². The Bertz CT molecular complexity index is 1170. The quantitative estimate of drug-likeness (QED) is 0.404. The van der Waals surface area contributed by atoms with Gasteiger partial charge in [-0.3, -0.25) is 0 Å². The summed E-state index contributed by atoms with van der Waals surface area (Å²) < 4.78 is 17.9. The van der Waals surface area contributed by atoms with Crippen LogP contribution in [-0.2, 0) is 23.8 Å². The maximum absolute atomic E-state index is 12.4. The van der Waals surface area contributed by atoms with Crippen LogP contribution in [0, 0.1) is 35.0 Å². The van der Waals surface area contributed by atoms with E-state index >= 15 is 0 Å². The molecule has 6 heteroatoms. The second-order valence-corrected chi connectivity index (χ2v) is 13.2. The Morgan fingerprint density at radius 2 is 1.84 bits per heavy atom. The van der Waals surface area contributed by atoms with E-state index in [0.717, 1.165) is 31.3 Å². The molecule has 0 aromatic heterocycles. The van der Waals surface area contributed by atoms with Crippen molar-refractivity contribution in [3.63, 3.8) is 0 Å². The molecule has 1 saturated carbocycles. The molecule has 2 heterocycles. The van der Waals surface area contributed by atoms with Gasteiger partial charge in [-0.05, 0) is 87.3 Å². The van der Waals surface area contributed by atoms with Crippen LogP contribution in [0.15, 0.2) is 46.6 Å². The maximum atomic E-state index is 12.4. The van der Waals surface area contributed by atoms with Gasteiger partial charge in [0.25, 0.3) is 0 Å². The van der Waals surface area contributed by atoms with E-state index in [0.29, 0.717) is 12.0 Å². The number of hydrogen-bond donors (Lipinski definition) is 1. The van der Waals surface area contributed by atoms with Crippen molar-refractivity contribution in [1.29, 1.82) is 0 Å². The molecule has 1 N–H and O–H groups in total. The summed E-state index contributed by atoms with van der Waals surface area (Å²) in [6, 6.07) is 0. The van der Waals surface area contributed by atoms with Crippen molar-refractivity contribution in [2.24, 2.45) is 35.0 Å². The third-order valence-electron chi connectivity index (χ3n) is 10.8. The molecule has 9 atom stereocenters. The SMILES string of the molecule is CO[C@H]1C[C@]2(C)[C@@H](C[C@@]3(O)C=C4C=CC(=O)OC(C)(C)[C@@H]4CC[C@@H]23)C2=C1[C@H](C)[C@H]1OC(=O)C(C)=C[C@@H]1C2. The molecule has 6 rings (SSSR count). The fourth-order valence-electron chi connectivity index (χ4n) is 9.23. The van der Waals surface area contributed by atoms with Crippen LogP contribution in [0.5, 0.6) is 0 Å². The minimum Gasteiger partial charge on any atom is -0.458 e. The third-order valence-corrected chi connectivity index (χ3v) is 10.8. The smallest absolute Gasteiger partial charge is 0.333 e. The van der Waals surface area contributed by atoms with E-state index in [9.17, 15) is 14.7 Å². The summed E-state index contributed by atoms with van der Waals surface area (Å²) in [4.78, 5) is 24.6. The zero-order valence-electron chi connectivity index (χ0n) is 22.9. The van der Waals surface area contributed by atoms with E-state index in [4.69, 9.17) is 14.2 Å². The Morgan fingerprint density at radius 1 is 1.08 bits per heavy atom. The van der Waals surface area contributed by atoms with Crippen LogP contribution >= 0.6 is 0 Å². The molecule has 0 unspecified atom stereocenters. The minimum absolute atomic E-state index is 0.0453. The number of ether oxygens (including phenoxy) is 3. The first-order valence-corrected chi connectivity index (χ1v) is 13.9. The topological polar surface area (TPSA) is 82.1 Å². The second-order valence-electron chi connectivity index (χ2n) is 13.2. The number of esters is 2. The van der Waals surface area contributed by atoms with Gasteiger partial charge >= 0.3 is 11.9 Å². The zero-order valence-corrected chi connectivity index (χ0v) is 22.9. The molecule has 0 aromatic rings. The van der Waals surface area contributed by atoms with E-state index in [1.54, 1.807) is 7.11 Å². The Balaban J connectivity index is 1.44. The molecule has 4 aliphatic carbocycles. The highest BCUT2D eigenvalue weighted by molar-refractivity contribution is 5.89. The molecule has 200 valence electrons. The lowest BCUT2D eigenvalue weighted by molar-refractivity contribution is -0.153. The second kappa shape index (κ2) is 8.16. The zero-order chi connectivity index (χ0) is 26.5. The van der Waals surface area contributed by atoms with Gasteiger partial charge in [0.2, 0.25) is 0 Å². The van der Waals surface area contributed by atoms with Gasteiger partial charge in [0, 0.05) is 36.5 Å². The van der Waals surface area contributed by atoms with Crippen molar-refractivity contribution in [2.75, 3.05) is 7.11 Å². The van der Waals surface area contributed by atoms with Crippen molar-refractivity contribution in [3.05, 3.63) is 46.6 Å². The predicted molar refractivity (Wildman–Crippen MR) is 138 cm³/mol. The van der Waals surface area contributed by atoms with Crippen LogP contribution in [0.25, 0.3) is 0 Å². The number of hydrogen-bond acceptors (Lipinski definition) is 6. The number of cyclic esters (lactones) is 1. The summed E-state index contributed by atoms with van der Waals surface area (Å²) in [5.74, 6) is 0.0416. The van der Waals surface area contributed by atoms with Gasteiger partial charge in [0.1, 0.15) is 11.7 Å². The first kappa shape index (κ1) is 25.1. The minimum atomic E-state index is -0.969. The molecule has 0 saturated heterocycles. The summed E-state index contributed by atoms with van der Waals surface area (Å²) in [6.07, 6.45) is 11.4. The van der Waals surface area contributed by atoms with Crippen molar-refractivity contribution in [3.8, 4) is 0 Å². The van der Waals surface area contributed by atoms with E-state index in [-0.39, 0.29) is 59.2 Å². The Hall–Kier alpha value is -2.18. The highest BCUT2D eigenvalue weighted by Gasteiger charge is 2.64. The molecule has 6 nitrogen and oxygen atoms in total. The Kier molecular flexibility index (Phi) is 5.54. The molecular weight excluding hydrogens is 468 g/mol. The monoisotopic (exact) mass is 508 g/mol. The van der Waals surface area contributed by atoms with E-state index in [1.165, 1.54) is 17.2 Å². The average Bonchev–Trinajstić information content (AvgIpc) is 2.89. The van der Waals surface area contributed by atoms with Gasteiger partial charge in [-0.15, -0.1) is 0 Å². The van der Waals surface area contributed by atoms with Crippen LogP contribution in [0.1, 0.15) is 66.7 Å². The number of fused-ring (bicyclic) bond motifs is 6. The summed E-state index contributed by atoms with van der Waals surface area (Å²) in [6.45, 7) is 10.3. The molecule has 0 aromatic carbocycles. The number of carbonyl (C=O) groups is 2. The Morgan fingerprint density at radius 3 is 2.57 bits per heavy atom. The number of carbonyl (C=O) groups excluding carboxylic acids is 2. The molecular formula is C31H40O6. The van der Waals surface area contributed by atoms with Crippen LogP contribution in [0.4, 0.5) is 0 Å². The fourth-order valence-corrected chi connectivity index (χ4v) is 9.23. The normalized spacial score (nSPS) is 46.1. The van der Waals surface area contributed by atoms with Gasteiger partial charge < -0.3 is 19.3 Å². The third kappa shape index (κ3) is 3.58. The van der Waals surface area contributed by atoms with Gasteiger partial charge in [-0.1, -0.05) is 31.6 Å². The van der Waals surface area contributed by atoms with Crippen molar-refractivity contribution in [2.45, 2.75) is 90.1 Å². The lowest BCUT2D eigenvalue weighted by atomic mass is 9.56. The Labute approximate surface area is 219 Å². The predicted octanol–water partition coefficient (Wildman–Crippen LogP) is 4.83. The van der Waals surface area contributed by atoms with Gasteiger partial charge in [-0.25, -0.2) is 9.59 Å². The first-order valence-electron chi connectivity index (χ1n) is 13.9. The lowest BCUT2D eigenvalue weighted by Crippen LogP contribution is -2.49. The van der Waals surface area contributed by atoms with E-state index < -0.39 is 11.2 Å². The highest BCUT2D eigenvalue weighted by atomic mass is 16.6. The molecule has 0 radical (unpaired) electrons. The van der Waals surface area contributed by atoms with Crippen molar-refractivity contribution in [1.82, 2.24) is 0 Å². The molecule has 2 aliphatic heterocycles. The summed E-state index contributed by atoms with van der Waals surface area (Å²) in [5.41, 5.74) is 2.66. The lowest BCUT2D eigenvalue weighted by Gasteiger charge is -2.52. The molecule has 0 amide bonds. The first-order chi connectivity index (χ1) is 17.4. The summed E-state index contributed by atoms with van der Waals surface area (Å²) >= 11 is 0. The molecule has 0 spiro atoms. The maximum Gasteiger partial charge on any atom is 0.333 e. The molecule has 6 aliphatic rings. The summed E-state index contributed by atoms with van der Waals surface area (Å²) in [5, 5.41) is 12.4. The van der Waals surface area contributed by atoms with Crippen LogP contribution in [0.2, 0.25) is 0 Å². The van der Waals surface area contributed by atoms with Gasteiger partial charge in [0.15, 0.2) is 0 Å². The number of methoxy groups -OCH3 is 1. The average molecular weight is 509 g/mol.